The molecule has 0 saturated carbocycles. The fourth-order valence-corrected chi connectivity index (χ4v) is 3.12. The summed E-state index contributed by atoms with van der Waals surface area (Å²) in [7, 11) is 1.62. The standard InChI is InChI=1S/C16H18N4O3S/c1-23-12-4-2-3-11(9-12)13-7-8-20(13)15(22)6-5-14(21)18-16-19-17-10-24-16/h2-4,9-10,13H,5-8H2,1H3,(H,18,19,21). The number of benzene rings is 1. The Morgan fingerprint density at radius 2 is 2.29 bits per heavy atom. The number of anilines is 1. The minimum Gasteiger partial charge on any atom is -0.497 e. The molecule has 1 N–H and O–H groups in total. The molecule has 1 saturated heterocycles. The number of amides is 2. The van der Waals surface area contributed by atoms with Gasteiger partial charge in [-0.1, -0.05) is 23.5 Å². The number of nitrogens with zero attached hydrogens (tertiary/aromatic N) is 3. The lowest BCUT2D eigenvalue weighted by Gasteiger charge is -2.41. The molecule has 0 spiro atoms. The van der Waals surface area contributed by atoms with Gasteiger partial charge in [0.2, 0.25) is 16.9 Å². The Morgan fingerprint density at radius 1 is 1.42 bits per heavy atom. The predicted molar refractivity (Wildman–Crippen MR) is 89.8 cm³/mol. The Hall–Kier alpha value is -2.48. The number of hydrogen-bond donors (Lipinski definition) is 1. The number of rotatable bonds is 6. The Morgan fingerprint density at radius 3 is 2.96 bits per heavy atom. The van der Waals surface area contributed by atoms with Gasteiger partial charge in [-0.2, -0.15) is 0 Å². The summed E-state index contributed by atoms with van der Waals surface area (Å²) >= 11 is 1.25. The van der Waals surface area contributed by atoms with Crippen molar-refractivity contribution in [3.05, 3.63) is 35.3 Å². The van der Waals surface area contributed by atoms with Crippen molar-refractivity contribution in [1.29, 1.82) is 0 Å². The highest BCUT2D eigenvalue weighted by Crippen LogP contribution is 2.35. The van der Waals surface area contributed by atoms with Gasteiger partial charge in [-0.3, -0.25) is 9.59 Å². The number of aromatic nitrogens is 2. The zero-order valence-corrected chi connectivity index (χ0v) is 14.1. The first-order valence-corrected chi connectivity index (χ1v) is 8.55. The number of carbonyl (C=O) groups is 2. The van der Waals surface area contributed by atoms with E-state index in [1.165, 1.54) is 11.3 Å². The Kier molecular flexibility index (Phi) is 5.05. The minimum absolute atomic E-state index is 0.0125. The summed E-state index contributed by atoms with van der Waals surface area (Å²) in [6.07, 6.45) is 1.25. The third-order valence-electron chi connectivity index (χ3n) is 3.99. The molecule has 0 aliphatic carbocycles. The monoisotopic (exact) mass is 346 g/mol. The molecule has 1 atom stereocenters. The van der Waals surface area contributed by atoms with E-state index in [1.54, 1.807) is 12.6 Å². The van der Waals surface area contributed by atoms with E-state index in [1.807, 2.05) is 29.2 Å². The number of ether oxygens (including phenoxy) is 1. The molecule has 1 fully saturated rings. The van der Waals surface area contributed by atoms with Crippen LogP contribution in [0.4, 0.5) is 5.13 Å². The first-order chi connectivity index (χ1) is 11.7. The zero-order chi connectivity index (χ0) is 16.9. The van der Waals surface area contributed by atoms with Gasteiger partial charge in [0.05, 0.1) is 13.2 Å². The van der Waals surface area contributed by atoms with Gasteiger partial charge < -0.3 is 15.0 Å². The molecule has 1 unspecified atom stereocenters. The summed E-state index contributed by atoms with van der Waals surface area (Å²) in [5.74, 6) is 0.545. The largest absolute Gasteiger partial charge is 0.497 e. The van der Waals surface area contributed by atoms with Crippen LogP contribution in [-0.2, 0) is 9.59 Å². The smallest absolute Gasteiger partial charge is 0.226 e. The summed E-state index contributed by atoms with van der Waals surface area (Å²) in [6, 6.07) is 7.82. The van der Waals surface area contributed by atoms with Gasteiger partial charge in [0.1, 0.15) is 11.3 Å². The summed E-state index contributed by atoms with van der Waals surface area (Å²) in [5.41, 5.74) is 2.60. The first kappa shape index (κ1) is 16.4. The third-order valence-corrected chi connectivity index (χ3v) is 4.60. The highest BCUT2D eigenvalue weighted by Gasteiger charge is 2.33. The van der Waals surface area contributed by atoms with Crippen LogP contribution in [0.25, 0.3) is 0 Å². The minimum atomic E-state index is -0.224. The van der Waals surface area contributed by atoms with Crippen molar-refractivity contribution < 1.29 is 14.3 Å². The van der Waals surface area contributed by atoms with Crippen LogP contribution in [0, 0.1) is 0 Å². The van der Waals surface area contributed by atoms with E-state index in [0.29, 0.717) is 5.13 Å². The molecule has 1 aliphatic heterocycles. The molecule has 0 radical (unpaired) electrons. The maximum absolute atomic E-state index is 12.4. The number of likely N-dealkylation sites (tertiary alicyclic amines) is 1. The summed E-state index contributed by atoms with van der Waals surface area (Å²) in [4.78, 5) is 26.0. The van der Waals surface area contributed by atoms with Crippen molar-refractivity contribution in [2.24, 2.45) is 0 Å². The molecule has 1 aromatic carbocycles. The summed E-state index contributed by atoms with van der Waals surface area (Å²) in [6.45, 7) is 0.721. The van der Waals surface area contributed by atoms with E-state index in [-0.39, 0.29) is 30.7 Å². The molecule has 3 rings (SSSR count). The molecule has 2 heterocycles. The van der Waals surface area contributed by atoms with E-state index in [4.69, 9.17) is 4.74 Å². The van der Waals surface area contributed by atoms with Crippen LogP contribution >= 0.6 is 11.3 Å². The van der Waals surface area contributed by atoms with Crippen LogP contribution in [0.5, 0.6) is 5.75 Å². The summed E-state index contributed by atoms with van der Waals surface area (Å²) < 4.78 is 5.23. The van der Waals surface area contributed by atoms with Crippen molar-refractivity contribution in [3.8, 4) is 5.75 Å². The maximum Gasteiger partial charge on any atom is 0.226 e. The van der Waals surface area contributed by atoms with Crippen LogP contribution in [0.2, 0.25) is 0 Å². The number of carbonyl (C=O) groups excluding carboxylic acids is 2. The molecular formula is C16H18N4O3S. The second-order valence-electron chi connectivity index (χ2n) is 5.46. The van der Waals surface area contributed by atoms with Crippen molar-refractivity contribution in [3.63, 3.8) is 0 Å². The topological polar surface area (TPSA) is 84.4 Å². The second-order valence-corrected chi connectivity index (χ2v) is 6.29. The maximum atomic E-state index is 12.4. The third kappa shape index (κ3) is 3.70. The lowest BCUT2D eigenvalue weighted by atomic mass is 9.94. The fraction of sp³-hybridized carbons (Fsp3) is 0.375. The van der Waals surface area contributed by atoms with Crippen LogP contribution < -0.4 is 10.1 Å². The normalized spacial score (nSPS) is 16.4. The average molecular weight is 346 g/mol. The van der Waals surface area contributed by atoms with E-state index in [9.17, 15) is 9.59 Å². The van der Waals surface area contributed by atoms with Crippen LogP contribution in [-0.4, -0.2) is 40.6 Å². The van der Waals surface area contributed by atoms with Crippen LogP contribution in [0.15, 0.2) is 29.8 Å². The molecule has 1 aliphatic rings. The molecule has 2 amide bonds. The zero-order valence-electron chi connectivity index (χ0n) is 13.3. The molecule has 1 aromatic heterocycles. The van der Waals surface area contributed by atoms with Gasteiger partial charge in [0, 0.05) is 19.4 Å². The van der Waals surface area contributed by atoms with E-state index in [0.717, 1.165) is 24.3 Å². The highest BCUT2D eigenvalue weighted by atomic mass is 32.1. The van der Waals surface area contributed by atoms with Crippen molar-refractivity contribution in [2.75, 3.05) is 19.0 Å². The summed E-state index contributed by atoms with van der Waals surface area (Å²) in [5, 5.41) is 10.5. The number of hydrogen-bond acceptors (Lipinski definition) is 6. The second kappa shape index (κ2) is 7.39. The molecule has 7 nitrogen and oxygen atoms in total. The van der Waals surface area contributed by atoms with Gasteiger partial charge in [-0.15, -0.1) is 10.2 Å². The molecule has 126 valence electrons. The molecule has 8 heteroatoms. The SMILES string of the molecule is COc1cccc(C2CCN2C(=O)CCC(=O)Nc2nncs2)c1. The lowest BCUT2D eigenvalue weighted by molar-refractivity contribution is -0.140. The van der Waals surface area contributed by atoms with E-state index < -0.39 is 0 Å². The Balaban J connectivity index is 1.52. The fourth-order valence-electron chi connectivity index (χ4n) is 2.65. The van der Waals surface area contributed by atoms with Crippen molar-refractivity contribution in [2.45, 2.75) is 25.3 Å². The first-order valence-electron chi connectivity index (χ1n) is 7.67. The average Bonchev–Trinajstić information content (AvgIpc) is 3.05. The van der Waals surface area contributed by atoms with Crippen LogP contribution in [0.3, 0.4) is 0 Å². The number of methoxy groups -OCH3 is 1. The number of nitrogens with one attached hydrogen (secondary N) is 1. The van der Waals surface area contributed by atoms with E-state index in [2.05, 4.69) is 15.5 Å². The molecule has 2 aromatic rings. The van der Waals surface area contributed by atoms with Gasteiger partial charge in [-0.05, 0) is 24.1 Å². The van der Waals surface area contributed by atoms with Crippen LogP contribution in [0.1, 0.15) is 30.9 Å². The van der Waals surface area contributed by atoms with Gasteiger partial charge in [0.25, 0.3) is 0 Å². The van der Waals surface area contributed by atoms with E-state index >= 15 is 0 Å². The molecule has 24 heavy (non-hydrogen) atoms. The van der Waals surface area contributed by atoms with Gasteiger partial charge in [0.15, 0.2) is 0 Å². The highest BCUT2D eigenvalue weighted by molar-refractivity contribution is 7.13. The van der Waals surface area contributed by atoms with Crippen molar-refractivity contribution >= 4 is 28.3 Å². The predicted octanol–water partition coefficient (Wildman–Crippen LogP) is 2.24. The quantitative estimate of drug-likeness (QED) is 0.867. The Labute approximate surface area is 143 Å². The van der Waals surface area contributed by atoms with Gasteiger partial charge >= 0.3 is 0 Å². The van der Waals surface area contributed by atoms with Crippen molar-refractivity contribution in [1.82, 2.24) is 15.1 Å². The molecule has 0 bridgehead atoms. The lowest BCUT2D eigenvalue weighted by Crippen LogP contribution is -2.45. The Bertz CT molecular complexity index is 720. The van der Waals surface area contributed by atoms with Gasteiger partial charge in [-0.25, -0.2) is 0 Å². The molecular weight excluding hydrogens is 328 g/mol.